The molecule has 66 valence electrons. The van der Waals surface area contributed by atoms with Gasteiger partial charge in [0.1, 0.15) is 0 Å². The van der Waals surface area contributed by atoms with Crippen LogP contribution >= 0.6 is 0 Å². The van der Waals surface area contributed by atoms with Gasteiger partial charge in [-0.15, -0.1) is 0 Å². The first-order chi connectivity index (χ1) is 5.66. The van der Waals surface area contributed by atoms with E-state index < -0.39 is 11.9 Å². The maximum absolute atomic E-state index is 10.6. The van der Waals surface area contributed by atoms with E-state index in [1.165, 1.54) is 0 Å². The Bertz CT molecular complexity index is 280. The van der Waals surface area contributed by atoms with Crippen molar-refractivity contribution in [2.45, 2.75) is 26.3 Å². The van der Waals surface area contributed by atoms with Gasteiger partial charge in [-0.25, -0.2) is 0 Å². The Morgan fingerprint density at radius 2 is 2.50 bits per heavy atom. The monoisotopic (exact) mass is 168 g/mol. The highest BCUT2D eigenvalue weighted by molar-refractivity contribution is 5.74. The zero-order valence-corrected chi connectivity index (χ0v) is 7.19. The van der Waals surface area contributed by atoms with Gasteiger partial charge >= 0.3 is 5.97 Å². The Morgan fingerprint density at radius 1 is 1.83 bits per heavy atom. The third-order valence-corrected chi connectivity index (χ3v) is 1.86. The summed E-state index contributed by atoms with van der Waals surface area (Å²) in [6, 6.07) is 1.74. The Labute approximate surface area is 70.8 Å². The topological polar surface area (TPSA) is 55.1 Å². The number of carboxylic acids is 1. The maximum atomic E-state index is 10.6. The quantitative estimate of drug-likeness (QED) is 0.735. The molecule has 1 N–H and O–H groups in total. The molecule has 12 heavy (non-hydrogen) atoms. The first kappa shape index (κ1) is 8.77. The number of rotatable bonds is 3. The van der Waals surface area contributed by atoms with Gasteiger partial charge in [-0.1, -0.05) is 0 Å². The van der Waals surface area contributed by atoms with Crippen LogP contribution in [0.25, 0.3) is 0 Å². The van der Waals surface area contributed by atoms with Crippen LogP contribution in [-0.2, 0) is 11.3 Å². The number of carboxylic acid groups (broad SMARTS) is 1. The van der Waals surface area contributed by atoms with E-state index in [-0.39, 0.29) is 0 Å². The van der Waals surface area contributed by atoms with Crippen molar-refractivity contribution in [2.75, 3.05) is 0 Å². The summed E-state index contributed by atoms with van der Waals surface area (Å²) < 4.78 is 1.69. The lowest BCUT2D eigenvalue weighted by Gasteiger charge is -2.07. The molecule has 1 atom stereocenters. The molecule has 1 heterocycles. The predicted octanol–water partition coefficient (Wildman–Crippen LogP) is 1.09. The molecule has 4 nitrogen and oxygen atoms in total. The minimum Gasteiger partial charge on any atom is -0.481 e. The lowest BCUT2D eigenvalue weighted by molar-refractivity contribution is -0.138. The first-order valence-electron chi connectivity index (χ1n) is 3.91. The second-order valence-electron chi connectivity index (χ2n) is 2.63. The summed E-state index contributed by atoms with van der Waals surface area (Å²) in [5.41, 5.74) is 0.755. The average Bonchev–Trinajstić information content (AvgIpc) is 2.49. The van der Waals surface area contributed by atoms with Crippen LogP contribution in [0, 0.1) is 0 Å². The molecule has 1 unspecified atom stereocenters. The van der Waals surface area contributed by atoms with Gasteiger partial charge in [0.05, 0.1) is 11.6 Å². The Balaban J connectivity index is 2.93. The van der Waals surface area contributed by atoms with E-state index in [9.17, 15) is 4.79 Å². The van der Waals surface area contributed by atoms with Crippen LogP contribution in [0.5, 0.6) is 0 Å². The zero-order valence-electron chi connectivity index (χ0n) is 7.19. The van der Waals surface area contributed by atoms with Crippen molar-refractivity contribution in [1.82, 2.24) is 9.78 Å². The number of carbonyl (C=O) groups is 1. The number of aryl methyl sites for hydroxylation is 1. The van der Waals surface area contributed by atoms with E-state index in [2.05, 4.69) is 5.10 Å². The van der Waals surface area contributed by atoms with Crippen molar-refractivity contribution in [2.24, 2.45) is 0 Å². The zero-order chi connectivity index (χ0) is 9.14. The molecule has 0 radical (unpaired) electrons. The Hall–Kier alpha value is -1.32. The molecule has 0 aliphatic rings. The SMILES string of the molecule is CCn1nccc1C(C)C(=O)O. The summed E-state index contributed by atoms with van der Waals surface area (Å²) in [7, 11) is 0. The smallest absolute Gasteiger partial charge is 0.312 e. The van der Waals surface area contributed by atoms with Crippen LogP contribution in [0.1, 0.15) is 25.5 Å². The summed E-state index contributed by atoms with van der Waals surface area (Å²) >= 11 is 0. The lowest BCUT2D eigenvalue weighted by atomic mass is 10.1. The van der Waals surface area contributed by atoms with E-state index in [1.807, 2.05) is 6.92 Å². The van der Waals surface area contributed by atoms with Gasteiger partial charge in [0.25, 0.3) is 0 Å². The van der Waals surface area contributed by atoms with Crippen LogP contribution in [0.2, 0.25) is 0 Å². The minimum absolute atomic E-state index is 0.479. The standard InChI is InChI=1S/C8H12N2O2/c1-3-10-7(4-5-9-10)6(2)8(11)12/h4-6H,3H2,1-2H3,(H,11,12). The molecule has 4 heteroatoms. The highest BCUT2D eigenvalue weighted by Gasteiger charge is 2.16. The fourth-order valence-corrected chi connectivity index (χ4v) is 1.10. The van der Waals surface area contributed by atoms with Gasteiger partial charge in [0.2, 0.25) is 0 Å². The van der Waals surface area contributed by atoms with Crippen LogP contribution in [0.15, 0.2) is 12.3 Å². The predicted molar refractivity (Wildman–Crippen MR) is 44.0 cm³/mol. The van der Waals surface area contributed by atoms with Crippen molar-refractivity contribution >= 4 is 5.97 Å². The highest BCUT2D eigenvalue weighted by Crippen LogP contribution is 2.14. The molecule has 0 bridgehead atoms. The fraction of sp³-hybridized carbons (Fsp3) is 0.500. The lowest BCUT2D eigenvalue weighted by Crippen LogP contribution is -2.13. The molecule has 0 aromatic carbocycles. The van der Waals surface area contributed by atoms with E-state index in [1.54, 1.807) is 23.9 Å². The first-order valence-corrected chi connectivity index (χ1v) is 3.91. The van der Waals surface area contributed by atoms with Crippen LogP contribution in [0.4, 0.5) is 0 Å². The second-order valence-corrected chi connectivity index (χ2v) is 2.63. The number of nitrogens with zero attached hydrogens (tertiary/aromatic N) is 2. The summed E-state index contributed by atoms with van der Waals surface area (Å²) in [5.74, 6) is -1.29. The molecule has 1 aromatic rings. The number of hydrogen-bond acceptors (Lipinski definition) is 2. The summed E-state index contributed by atoms with van der Waals surface area (Å²) in [6.07, 6.45) is 1.62. The normalized spacial score (nSPS) is 12.8. The van der Waals surface area contributed by atoms with Crippen molar-refractivity contribution in [3.05, 3.63) is 18.0 Å². The molecule has 0 aliphatic heterocycles. The third kappa shape index (κ3) is 1.47. The molecule has 0 aliphatic carbocycles. The van der Waals surface area contributed by atoms with Crippen LogP contribution < -0.4 is 0 Å². The van der Waals surface area contributed by atoms with Crippen molar-refractivity contribution in [3.63, 3.8) is 0 Å². The molecule has 0 fully saturated rings. The molecule has 0 spiro atoms. The van der Waals surface area contributed by atoms with Crippen LogP contribution in [-0.4, -0.2) is 20.9 Å². The molecule has 1 rings (SSSR count). The summed E-state index contributed by atoms with van der Waals surface area (Å²) in [5, 5.41) is 12.7. The highest BCUT2D eigenvalue weighted by atomic mass is 16.4. The second kappa shape index (κ2) is 3.38. The van der Waals surface area contributed by atoms with Crippen molar-refractivity contribution in [1.29, 1.82) is 0 Å². The van der Waals surface area contributed by atoms with Crippen molar-refractivity contribution < 1.29 is 9.90 Å². The number of hydrogen-bond donors (Lipinski definition) is 1. The molecular formula is C8H12N2O2. The van der Waals surface area contributed by atoms with Crippen molar-refractivity contribution in [3.8, 4) is 0 Å². The van der Waals surface area contributed by atoms with E-state index in [0.29, 0.717) is 6.54 Å². The van der Waals surface area contributed by atoms with Gasteiger partial charge in [-0.2, -0.15) is 5.10 Å². The fourth-order valence-electron chi connectivity index (χ4n) is 1.10. The van der Waals surface area contributed by atoms with Gasteiger partial charge in [-0.3, -0.25) is 9.48 Å². The largest absolute Gasteiger partial charge is 0.481 e. The van der Waals surface area contributed by atoms with Gasteiger partial charge < -0.3 is 5.11 Å². The third-order valence-electron chi connectivity index (χ3n) is 1.86. The van der Waals surface area contributed by atoms with E-state index >= 15 is 0 Å². The summed E-state index contributed by atoms with van der Waals surface area (Å²) in [6.45, 7) is 4.30. The number of aliphatic carboxylic acids is 1. The number of aromatic nitrogens is 2. The van der Waals surface area contributed by atoms with E-state index in [0.717, 1.165) is 5.69 Å². The molecule has 0 saturated carbocycles. The summed E-state index contributed by atoms with van der Waals surface area (Å²) in [4.78, 5) is 10.6. The Morgan fingerprint density at radius 3 is 3.00 bits per heavy atom. The molecule has 1 aromatic heterocycles. The van der Waals surface area contributed by atoms with Gasteiger partial charge in [0.15, 0.2) is 0 Å². The Kier molecular flexibility index (Phi) is 2.47. The van der Waals surface area contributed by atoms with Gasteiger partial charge in [0, 0.05) is 12.7 Å². The van der Waals surface area contributed by atoms with E-state index in [4.69, 9.17) is 5.11 Å². The molecule has 0 saturated heterocycles. The minimum atomic E-state index is -0.815. The maximum Gasteiger partial charge on any atom is 0.312 e. The van der Waals surface area contributed by atoms with Gasteiger partial charge in [-0.05, 0) is 19.9 Å². The molecular weight excluding hydrogens is 156 g/mol. The van der Waals surface area contributed by atoms with Crippen LogP contribution in [0.3, 0.4) is 0 Å². The molecule has 0 amide bonds. The average molecular weight is 168 g/mol.